The van der Waals surface area contributed by atoms with E-state index in [1.165, 1.54) is 36.4 Å². The smallest absolute Gasteiger partial charge is 0.157 e. The van der Waals surface area contributed by atoms with Crippen LogP contribution in [0.5, 0.6) is 40.2 Å². The van der Waals surface area contributed by atoms with Crippen LogP contribution in [-0.2, 0) is 0 Å². The molecule has 29 heavy (non-hydrogen) atoms. The zero-order valence-corrected chi connectivity index (χ0v) is 14.9. The summed E-state index contributed by atoms with van der Waals surface area (Å²) in [4.78, 5) is 0. The van der Waals surface area contributed by atoms with Gasteiger partial charge in [-0.3, -0.25) is 0 Å². The molecule has 7 N–H and O–H groups in total. The number of phenolic OH excluding ortho intramolecular Hbond substituents is 6. The summed E-state index contributed by atoms with van der Waals surface area (Å²) >= 11 is 0. The van der Waals surface area contributed by atoms with Crippen LogP contribution in [0, 0.1) is 0 Å². The van der Waals surface area contributed by atoms with Gasteiger partial charge in [0, 0.05) is 35.2 Å². The van der Waals surface area contributed by atoms with Crippen LogP contribution in [0.4, 0.5) is 0 Å². The van der Waals surface area contributed by atoms with Crippen molar-refractivity contribution < 1.29 is 40.5 Å². The molecule has 1 heterocycles. The average molecular weight is 398 g/mol. The largest absolute Gasteiger partial charge is 0.508 e. The van der Waals surface area contributed by atoms with Gasteiger partial charge < -0.3 is 40.5 Å². The molecule has 1 aliphatic heterocycles. The van der Waals surface area contributed by atoms with Gasteiger partial charge in [0.25, 0.3) is 0 Å². The third-order valence-corrected chi connectivity index (χ3v) is 5.00. The Hall–Kier alpha value is -3.78. The van der Waals surface area contributed by atoms with Crippen LogP contribution < -0.4 is 4.74 Å². The average Bonchev–Trinajstić information content (AvgIpc) is 2.64. The van der Waals surface area contributed by atoms with E-state index in [1.54, 1.807) is 0 Å². The summed E-state index contributed by atoms with van der Waals surface area (Å²) in [5.41, 5.74) is 0.689. The molecule has 0 saturated carbocycles. The summed E-state index contributed by atoms with van der Waals surface area (Å²) in [7, 11) is 0. The van der Waals surface area contributed by atoms with Crippen molar-refractivity contribution in [2.75, 3.05) is 0 Å². The first-order chi connectivity index (χ1) is 13.8. The first-order valence-corrected chi connectivity index (χ1v) is 8.70. The number of rotatable bonds is 2. The molecule has 3 aromatic rings. The van der Waals surface area contributed by atoms with Crippen LogP contribution in [0.3, 0.4) is 0 Å². The Morgan fingerprint density at radius 1 is 0.655 bits per heavy atom. The Balaban J connectivity index is 1.91. The molecule has 3 aromatic carbocycles. The van der Waals surface area contributed by atoms with Crippen LogP contribution >= 0.6 is 0 Å². The lowest BCUT2D eigenvalue weighted by Gasteiger charge is -2.37. The molecule has 0 aliphatic carbocycles. The minimum absolute atomic E-state index is 0.0291. The third-order valence-electron chi connectivity index (χ3n) is 5.00. The van der Waals surface area contributed by atoms with E-state index in [0.29, 0.717) is 11.1 Å². The number of aliphatic hydroxyl groups excluding tert-OH is 1. The number of aromatic hydroxyl groups is 6. The molecule has 0 spiro atoms. The van der Waals surface area contributed by atoms with Gasteiger partial charge >= 0.3 is 0 Å². The second-order valence-electron chi connectivity index (χ2n) is 6.87. The number of hydrogen-bond donors (Lipinski definition) is 7. The fourth-order valence-corrected chi connectivity index (χ4v) is 3.68. The van der Waals surface area contributed by atoms with E-state index in [9.17, 15) is 35.7 Å². The number of benzene rings is 3. The SMILES string of the molecule is Oc1cc(O)c([C@H]2c3ccc(O)cc3O[C@@H](c3ccc(O)c(O)c3)[C@H]2O)c(O)c1. The summed E-state index contributed by atoms with van der Waals surface area (Å²) in [6, 6.07) is 10.2. The fraction of sp³-hybridized carbons (Fsp3) is 0.143. The second-order valence-corrected chi connectivity index (χ2v) is 6.87. The molecule has 0 bridgehead atoms. The van der Waals surface area contributed by atoms with E-state index in [-0.39, 0.29) is 28.6 Å². The minimum atomic E-state index is -1.34. The van der Waals surface area contributed by atoms with Crippen LogP contribution in [0.25, 0.3) is 0 Å². The van der Waals surface area contributed by atoms with E-state index < -0.39 is 35.4 Å². The summed E-state index contributed by atoms with van der Waals surface area (Å²) in [6.45, 7) is 0. The maximum Gasteiger partial charge on any atom is 0.157 e. The Bertz CT molecular complexity index is 1070. The molecular weight excluding hydrogens is 380 g/mol. The number of ether oxygens (including phenoxy) is 1. The molecule has 0 unspecified atom stereocenters. The van der Waals surface area contributed by atoms with E-state index in [1.807, 2.05) is 0 Å². The van der Waals surface area contributed by atoms with Gasteiger partial charge in [-0.25, -0.2) is 0 Å². The molecule has 0 radical (unpaired) electrons. The van der Waals surface area contributed by atoms with Crippen molar-refractivity contribution in [3.8, 4) is 40.2 Å². The normalized spacial score (nSPS) is 20.7. The van der Waals surface area contributed by atoms with Gasteiger partial charge in [0.15, 0.2) is 17.6 Å². The third kappa shape index (κ3) is 3.09. The zero-order chi connectivity index (χ0) is 20.9. The molecule has 0 fully saturated rings. The predicted molar refractivity (Wildman–Crippen MR) is 101 cm³/mol. The standard InChI is InChI=1S/C21H18O8/c22-10-2-3-12-17(8-10)29-21(9-1-4-13(24)14(25)5-9)20(28)18(12)19-15(26)6-11(23)7-16(19)27/h1-8,18,20-28H/t18-,20+,21+/m1/s1. The van der Waals surface area contributed by atoms with Gasteiger partial charge in [-0.1, -0.05) is 12.1 Å². The van der Waals surface area contributed by atoms with Crippen LogP contribution in [0.1, 0.15) is 28.7 Å². The lowest BCUT2D eigenvalue weighted by atomic mass is 9.79. The maximum atomic E-state index is 11.1. The molecule has 0 amide bonds. The highest BCUT2D eigenvalue weighted by molar-refractivity contribution is 5.58. The predicted octanol–water partition coefficient (Wildman–Crippen LogP) is 2.55. The zero-order valence-electron chi connectivity index (χ0n) is 14.9. The Labute approximate surface area is 164 Å². The van der Waals surface area contributed by atoms with Crippen molar-refractivity contribution in [2.45, 2.75) is 18.1 Å². The van der Waals surface area contributed by atoms with E-state index in [4.69, 9.17) is 4.74 Å². The maximum absolute atomic E-state index is 11.1. The number of hydrogen-bond acceptors (Lipinski definition) is 8. The first-order valence-electron chi connectivity index (χ1n) is 8.70. The molecule has 8 nitrogen and oxygen atoms in total. The first kappa shape index (κ1) is 18.6. The van der Waals surface area contributed by atoms with Gasteiger partial charge in [0.2, 0.25) is 0 Å². The Morgan fingerprint density at radius 2 is 1.34 bits per heavy atom. The molecule has 0 saturated heterocycles. The molecule has 4 rings (SSSR count). The van der Waals surface area contributed by atoms with Crippen LogP contribution in [0.15, 0.2) is 48.5 Å². The molecule has 0 aromatic heterocycles. The lowest BCUT2D eigenvalue weighted by Crippen LogP contribution is -2.35. The van der Waals surface area contributed by atoms with Gasteiger partial charge in [-0.05, 0) is 23.8 Å². The quantitative estimate of drug-likeness (QED) is 0.325. The molecule has 1 aliphatic rings. The van der Waals surface area contributed by atoms with Gasteiger partial charge in [-0.2, -0.15) is 0 Å². The summed E-state index contributed by atoms with van der Waals surface area (Å²) in [5.74, 6) is -2.85. The van der Waals surface area contributed by atoms with Crippen molar-refractivity contribution in [3.63, 3.8) is 0 Å². The van der Waals surface area contributed by atoms with Gasteiger partial charge in [-0.15, -0.1) is 0 Å². The minimum Gasteiger partial charge on any atom is -0.508 e. The van der Waals surface area contributed by atoms with E-state index in [0.717, 1.165) is 12.1 Å². The van der Waals surface area contributed by atoms with Crippen molar-refractivity contribution in [1.29, 1.82) is 0 Å². The topological polar surface area (TPSA) is 151 Å². The van der Waals surface area contributed by atoms with Crippen molar-refractivity contribution in [2.24, 2.45) is 0 Å². The highest BCUT2D eigenvalue weighted by Crippen LogP contribution is 2.51. The Kier molecular flexibility index (Phi) is 4.28. The highest BCUT2D eigenvalue weighted by Gasteiger charge is 2.42. The van der Waals surface area contributed by atoms with Gasteiger partial charge in [0.1, 0.15) is 34.9 Å². The highest BCUT2D eigenvalue weighted by atomic mass is 16.5. The molecular formula is C21H18O8. The lowest BCUT2D eigenvalue weighted by molar-refractivity contribution is 0.00734. The number of aliphatic hydroxyl groups is 1. The van der Waals surface area contributed by atoms with Crippen LogP contribution in [-0.4, -0.2) is 41.8 Å². The second kappa shape index (κ2) is 6.68. The summed E-state index contributed by atoms with van der Waals surface area (Å²) < 4.78 is 5.85. The van der Waals surface area contributed by atoms with E-state index in [2.05, 4.69) is 0 Å². The summed E-state index contributed by atoms with van der Waals surface area (Å²) in [6.07, 6.45) is -2.40. The Morgan fingerprint density at radius 3 is 2.00 bits per heavy atom. The number of phenols is 6. The monoisotopic (exact) mass is 398 g/mol. The van der Waals surface area contributed by atoms with Gasteiger partial charge in [0.05, 0.1) is 0 Å². The molecule has 8 heteroatoms. The summed E-state index contributed by atoms with van der Waals surface area (Å²) in [5, 5.41) is 70.7. The van der Waals surface area contributed by atoms with Crippen molar-refractivity contribution >= 4 is 0 Å². The molecule has 150 valence electrons. The van der Waals surface area contributed by atoms with Crippen molar-refractivity contribution in [1.82, 2.24) is 0 Å². The van der Waals surface area contributed by atoms with Crippen molar-refractivity contribution in [3.05, 3.63) is 65.2 Å². The van der Waals surface area contributed by atoms with Crippen LogP contribution in [0.2, 0.25) is 0 Å². The fourth-order valence-electron chi connectivity index (χ4n) is 3.68. The number of fused-ring (bicyclic) bond motifs is 1. The molecule has 3 atom stereocenters. The van der Waals surface area contributed by atoms with E-state index >= 15 is 0 Å².